The SMILES string of the molecule is CCCCCCC/C=C/C(CO)CCCCCCCC(=O)OCCCCCC. The first-order valence-electron chi connectivity index (χ1n) is 12.2. The molecule has 0 aromatic carbocycles. The van der Waals surface area contributed by atoms with Crippen LogP contribution in [0.25, 0.3) is 0 Å². The molecule has 0 rings (SSSR count). The Kier molecular flexibility index (Phi) is 21.8. The highest BCUT2D eigenvalue weighted by Gasteiger charge is 2.04. The third-order valence-corrected chi connectivity index (χ3v) is 5.33. The molecule has 0 spiro atoms. The maximum absolute atomic E-state index is 11.6. The van der Waals surface area contributed by atoms with Crippen LogP contribution < -0.4 is 0 Å². The molecule has 0 aliphatic rings. The Morgan fingerprint density at radius 1 is 0.821 bits per heavy atom. The van der Waals surface area contributed by atoms with Crippen LogP contribution in [0.3, 0.4) is 0 Å². The van der Waals surface area contributed by atoms with Crippen molar-refractivity contribution in [2.45, 2.75) is 123 Å². The lowest BCUT2D eigenvalue weighted by Crippen LogP contribution is -2.05. The van der Waals surface area contributed by atoms with E-state index in [0.717, 1.165) is 44.9 Å². The van der Waals surface area contributed by atoms with Gasteiger partial charge in [0.2, 0.25) is 0 Å². The zero-order chi connectivity index (χ0) is 20.7. The highest BCUT2D eigenvalue weighted by Crippen LogP contribution is 2.14. The number of hydrogen-bond acceptors (Lipinski definition) is 3. The Morgan fingerprint density at radius 3 is 2.14 bits per heavy atom. The fraction of sp³-hybridized carbons (Fsp3) is 0.880. The van der Waals surface area contributed by atoms with Crippen LogP contribution in [0.1, 0.15) is 123 Å². The molecule has 1 N–H and O–H groups in total. The van der Waals surface area contributed by atoms with Gasteiger partial charge in [-0.3, -0.25) is 4.79 Å². The number of carbonyl (C=O) groups is 1. The topological polar surface area (TPSA) is 46.5 Å². The van der Waals surface area contributed by atoms with Gasteiger partial charge in [0.15, 0.2) is 0 Å². The van der Waals surface area contributed by atoms with E-state index in [1.54, 1.807) is 0 Å². The van der Waals surface area contributed by atoms with E-state index >= 15 is 0 Å². The van der Waals surface area contributed by atoms with Crippen molar-refractivity contribution in [1.82, 2.24) is 0 Å². The molecule has 0 bridgehead atoms. The summed E-state index contributed by atoms with van der Waals surface area (Å²) >= 11 is 0. The minimum absolute atomic E-state index is 0.0309. The normalized spacial score (nSPS) is 12.5. The standard InChI is InChI=1S/C25H48O3/c1-3-5-7-9-10-12-15-19-24(23-26)20-16-13-11-14-17-21-25(27)28-22-18-8-6-4-2/h15,19,24,26H,3-14,16-18,20-23H2,1-2H3/b19-15+. The van der Waals surface area contributed by atoms with Gasteiger partial charge in [0.25, 0.3) is 0 Å². The summed E-state index contributed by atoms with van der Waals surface area (Å²) in [5.74, 6) is 0.287. The predicted octanol–water partition coefficient (Wildman–Crippen LogP) is 7.37. The molecule has 0 amide bonds. The number of allylic oxidation sites excluding steroid dienone is 1. The van der Waals surface area contributed by atoms with Gasteiger partial charge in [0, 0.05) is 13.0 Å². The lowest BCUT2D eigenvalue weighted by atomic mass is 9.99. The first-order valence-corrected chi connectivity index (χ1v) is 12.2. The highest BCUT2D eigenvalue weighted by atomic mass is 16.5. The Hall–Kier alpha value is -0.830. The number of ether oxygens (including phenoxy) is 1. The van der Waals surface area contributed by atoms with Crippen LogP contribution in [-0.4, -0.2) is 24.3 Å². The van der Waals surface area contributed by atoms with Gasteiger partial charge in [-0.05, 0) is 38.0 Å². The minimum atomic E-state index is -0.0309. The monoisotopic (exact) mass is 396 g/mol. The van der Waals surface area contributed by atoms with Crippen molar-refractivity contribution in [3.63, 3.8) is 0 Å². The average molecular weight is 397 g/mol. The molecule has 166 valence electrons. The number of carbonyl (C=O) groups excluding carboxylic acids is 1. The van der Waals surface area contributed by atoms with Crippen LogP contribution in [0.2, 0.25) is 0 Å². The van der Waals surface area contributed by atoms with Gasteiger partial charge in [-0.1, -0.05) is 96.6 Å². The van der Waals surface area contributed by atoms with Gasteiger partial charge in [0.05, 0.1) is 6.61 Å². The van der Waals surface area contributed by atoms with Crippen molar-refractivity contribution in [2.24, 2.45) is 5.92 Å². The Bertz CT molecular complexity index is 352. The van der Waals surface area contributed by atoms with E-state index < -0.39 is 0 Å². The fourth-order valence-electron chi connectivity index (χ4n) is 3.40. The van der Waals surface area contributed by atoms with Gasteiger partial charge in [-0.25, -0.2) is 0 Å². The molecule has 28 heavy (non-hydrogen) atoms. The van der Waals surface area contributed by atoms with E-state index in [1.165, 1.54) is 57.8 Å². The lowest BCUT2D eigenvalue weighted by Gasteiger charge is -2.09. The molecule has 0 fully saturated rings. The zero-order valence-corrected chi connectivity index (χ0v) is 18.9. The van der Waals surface area contributed by atoms with Crippen LogP contribution >= 0.6 is 0 Å². The summed E-state index contributed by atoms with van der Waals surface area (Å²) < 4.78 is 5.26. The quantitative estimate of drug-likeness (QED) is 0.125. The Labute approximate surface area is 175 Å². The summed E-state index contributed by atoms with van der Waals surface area (Å²) in [5.41, 5.74) is 0. The van der Waals surface area contributed by atoms with Crippen LogP contribution in [-0.2, 0) is 9.53 Å². The van der Waals surface area contributed by atoms with Gasteiger partial charge in [0.1, 0.15) is 0 Å². The molecule has 0 saturated carbocycles. The Morgan fingerprint density at radius 2 is 1.43 bits per heavy atom. The molecule has 1 atom stereocenters. The zero-order valence-electron chi connectivity index (χ0n) is 18.9. The number of rotatable bonds is 21. The molecule has 0 aliphatic carbocycles. The van der Waals surface area contributed by atoms with Gasteiger partial charge >= 0.3 is 5.97 Å². The summed E-state index contributed by atoms with van der Waals surface area (Å²) in [6.45, 7) is 5.28. The third kappa shape index (κ3) is 19.9. The molecule has 1 unspecified atom stereocenters. The molecule has 0 aliphatic heterocycles. The summed E-state index contributed by atoms with van der Waals surface area (Å²) in [6, 6.07) is 0. The third-order valence-electron chi connectivity index (χ3n) is 5.33. The molecule has 3 nitrogen and oxygen atoms in total. The number of unbranched alkanes of at least 4 members (excludes halogenated alkanes) is 12. The van der Waals surface area contributed by atoms with Gasteiger partial charge in [-0.2, -0.15) is 0 Å². The smallest absolute Gasteiger partial charge is 0.305 e. The number of aliphatic hydroxyl groups is 1. The average Bonchev–Trinajstić information content (AvgIpc) is 2.70. The maximum Gasteiger partial charge on any atom is 0.305 e. The molecule has 0 aromatic rings. The number of esters is 1. The van der Waals surface area contributed by atoms with E-state index in [2.05, 4.69) is 26.0 Å². The number of aliphatic hydroxyl groups excluding tert-OH is 1. The van der Waals surface area contributed by atoms with Crippen molar-refractivity contribution >= 4 is 5.97 Å². The summed E-state index contributed by atoms with van der Waals surface area (Å²) in [6.07, 6.45) is 24.0. The molecule has 0 radical (unpaired) electrons. The summed E-state index contributed by atoms with van der Waals surface area (Å²) in [5, 5.41) is 9.52. The molecule has 3 heteroatoms. The fourth-order valence-corrected chi connectivity index (χ4v) is 3.40. The van der Waals surface area contributed by atoms with Crippen molar-refractivity contribution in [3.8, 4) is 0 Å². The maximum atomic E-state index is 11.6. The largest absolute Gasteiger partial charge is 0.466 e. The van der Waals surface area contributed by atoms with Crippen molar-refractivity contribution in [2.75, 3.05) is 13.2 Å². The molecule has 0 heterocycles. The molecular weight excluding hydrogens is 348 g/mol. The minimum Gasteiger partial charge on any atom is -0.466 e. The van der Waals surface area contributed by atoms with Crippen LogP contribution in [0.4, 0.5) is 0 Å². The highest BCUT2D eigenvalue weighted by molar-refractivity contribution is 5.69. The molecule has 0 saturated heterocycles. The molecular formula is C25H48O3. The predicted molar refractivity (Wildman–Crippen MR) is 121 cm³/mol. The van der Waals surface area contributed by atoms with Gasteiger partial charge in [-0.15, -0.1) is 0 Å². The second-order valence-electron chi connectivity index (χ2n) is 8.16. The van der Waals surface area contributed by atoms with Crippen LogP contribution in [0, 0.1) is 5.92 Å². The molecule has 0 aromatic heterocycles. The van der Waals surface area contributed by atoms with Crippen LogP contribution in [0.15, 0.2) is 12.2 Å². The Balaban J connectivity index is 3.47. The van der Waals surface area contributed by atoms with E-state index in [0.29, 0.717) is 18.9 Å². The van der Waals surface area contributed by atoms with E-state index in [-0.39, 0.29) is 12.6 Å². The lowest BCUT2D eigenvalue weighted by molar-refractivity contribution is -0.143. The first kappa shape index (κ1) is 27.2. The number of hydrogen-bond donors (Lipinski definition) is 1. The van der Waals surface area contributed by atoms with E-state index in [1.807, 2.05) is 0 Å². The van der Waals surface area contributed by atoms with Gasteiger partial charge < -0.3 is 9.84 Å². The summed E-state index contributed by atoms with van der Waals surface area (Å²) in [7, 11) is 0. The van der Waals surface area contributed by atoms with E-state index in [9.17, 15) is 9.90 Å². The van der Waals surface area contributed by atoms with Crippen molar-refractivity contribution < 1.29 is 14.6 Å². The van der Waals surface area contributed by atoms with Crippen molar-refractivity contribution in [3.05, 3.63) is 12.2 Å². The van der Waals surface area contributed by atoms with Crippen molar-refractivity contribution in [1.29, 1.82) is 0 Å². The second-order valence-corrected chi connectivity index (χ2v) is 8.16. The second kappa shape index (κ2) is 22.5. The first-order chi connectivity index (χ1) is 13.7. The summed E-state index contributed by atoms with van der Waals surface area (Å²) in [4.78, 5) is 11.6. The van der Waals surface area contributed by atoms with Crippen LogP contribution in [0.5, 0.6) is 0 Å². The van der Waals surface area contributed by atoms with E-state index in [4.69, 9.17) is 4.74 Å².